The number of hydrogen-bond donors (Lipinski definition) is 2. The maximum Gasteiger partial charge on any atom is 0.335 e. The van der Waals surface area contributed by atoms with Gasteiger partial charge in [-0.3, -0.25) is 14.9 Å². The lowest BCUT2D eigenvalue weighted by atomic mass is 10.1. The number of nitrogens with one attached hydrogen (secondary N) is 1. The second-order valence-electron chi connectivity index (χ2n) is 3.76. The van der Waals surface area contributed by atoms with E-state index in [1.807, 2.05) is 0 Å². The lowest BCUT2D eigenvalue weighted by Crippen LogP contribution is -2.10. The number of aromatic carboxylic acids is 1. The number of nitrogens with zero attached hydrogens (tertiary/aromatic N) is 1. The van der Waals surface area contributed by atoms with Gasteiger partial charge in [-0.15, -0.1) is 0 Å². The highest BCUT2D eigenvalue weighted by molar-refractivity contribution is 5.88. The molecule has 0 aliphatic carbocycles. The minimum atomic E-state index is -1.24. The highest BCUT2D eigenvalue weighted by Crippen LogP contribution is 2.21. The van der Waals surface area contributed by atoms with Gasteiger partial charge in [-0.05, 0) is 6.07 Å². The number of benzene rings is 1. The quantitative estimate of drug-likeness (QED) is 0.643. The summed E-state index contributed by atoms with van der Waals surface area (Å²) in [7, 11) is 0. The molecule has 0 saturated heterocycles. The van der Waals surface area contributed by atoms with Crippen molar-refractivity contribution in [3.63, 3.8) is 0 Å². The molecule has 0 aliphatic heterocycles. The first-order chi connectivity index (χ1) is 8.97. The van der Waals surface area contributed by atoms with E-state index in [4.69, 9.17) is 5.11 Å². The van der Waals surface area contributed by atoms with Gasteiger partial charge in [-0.25, -0.2) is 4.79 Å². The van der Waals surface area contributed by atoms with Crippen LogP contribution in [0.15, 0.2) is 41.2 Å². The summed E-state index contributed by atoms with van der Waals surface area (Å²) >= 11 is 0. The smallest absolute Gasteiger partial charge is 0.335 e. The number of pyridine rings is 1. The summed E-state index contributed by atoms with van der Waals surface area (Å²) in [6.07, 6.45) is 0. The number of carboxylic acid groups (broad SMARTS) is 1. The second kappa shape index (κ2) is 4.73. The van der Waals surface area contributed by atoms with Crippen molar-refractivity contribution in [1.29, 1.82) is 0 Å². The summed E-state index contributed by atoms with van der Waals surface area (Å²) < 4.78 is 0. The Bertz CT molecular complexity index is 720. The predicted molar refractivity (Wildman–Crippen MR) is 66.1 cm³/mol. The van der Waals surface area contributed by atoms with Gasteiger partial charge in [0.2, 0.25) is 5.56 Å². The topological polar surface area (TPSA) is 113 Å². The van der Waals surface area contributed by atoms with Gasteiger partial charge in [0.25, 0.3) is 5.69 Å². The van der Waals surface area contributed by atoms with Crippen LogP contribution in [-0.4, -0.2) is 21.0 Å². The van der Waals surface area contributed by atoms with Crippen LogP contribution in [0, 0.1) is 10.1 Å². The fourth-order valence-corrected chi connectivity index (χ4v) is 1.61. The lowest BCUT2D eigenvalue weighted by Gasteiger charge is -2.02. The van der Waals surface area contributed by atoms with Crippen molar-refractivity contribution < 1.29 is 14.8 Å². The molecule has 2 rings (SSSR count). The molecule has 0 amide bonds. The van der Waals surface area contributed by atoms with E-state index in [9.17, 15) is 19.7 Å². The first-order valence-corrected chi connectivity index (χ1v) is 5.20. The van der Waals surface area contributed by atoms with Crippen LogP contribution in [0.25, 0.3) is 11.3 Å². The molecule has 1 heterocycles. The van der Waals surface area contributed by atoms with Crippen molar-refractivity contribution in [1.82, 2.24) is 4.98 Å². The Morgan fingerprint density at radius 2 is 2.00 bits per heavy atom. The molecule has 19 heavy (non-hydrogen) atoms. The fourth-order valence-electron chi connectivity index (χ4n) is 1.61. The Morgan fingerprint density at radius 3 is 2.63 bits per heavy atom. The third-order valence-electron chi connectivity index (χ3n) is 2.46. The number of H-pyrrole nitrogens is 1. The fraction of sp³-hybridized carbons (Fsp3) is 0. The van der Waals surface area contributed by atoms with E-state index in [1.165, 1.54) is 24.3 Å². The lowest BCUT2D eigenvalue weighted by molar-refractivity contribution is -0.384. The number of nitro groups is 1. The molecule has 0 bridgehead atoms. The Kier molecular flexibility index (Phi) is 3.11. The third-order valence-corrected chi connectivity index (χ3v) is 2.46. The summed E-state index contributed by atoms with van der Waals surface area (Å²) in [5, 5.41) is 19.5. The van der Waals surface area contributed by atoms with Crippen LogP contribution in [0.2, 0.25) is 0 Å². The molecule has 1 aromatic carbocycles. The first-order valence-electron chi connectivity index (χ1n) is 5.20. The molecular weight excluding hydrogens is 252 g/mol. The van der Waals surface area contributed by atoms with E-state index in [0.29, 0.717) is 5.56 Å². The molecule has 7 heteroatoms. The van der Waals surface area contributed by atoms with Crippen molar-refractivity contribution in [2.75, 3.05) is 0 Å². The molecule has 0 saturated carbocycles. The van der Waals surface area contributed by atoms with Crippen LogP contribution in [0.3, 0.4) is 0 Å². The minimum absolute atomic E-state index is 0.140. The van der Waals surface area contributed by atoms with Crippen molar-refractivity contribution >= 4 is 11.7 Å². The van der Waals surface area contributed by atoms with E-state index in [2.05, 4.69) is 4.98 Å². The average molecular weight is 260 g/mol. The predicted octanol–water partition coefficient (Wildman–Crippen LogP) is 1.65. The number of rotatable bonds is 3. The zero-order valence-electron chi connectivity index (χ0n) is 9.49. The van der Waals surface area contributed by atoms with Crippen molar-refractivity contribution in [3.05, 3.63) is 62.4 Å². The Morgan fingerprint density at radius 1 is 1.26 bits per heavy atom. The zero-order chi connectivity index (χ0) is 14.0. The van der Waals surface area contributed by atoms with Crippen molar-refractivity contribution in [2.24, 2.45) is 0 Å². The molecule has 1 aromatic heterocycles. The molecule has 0 radical (unpaired) electrons. The normalized spacial score (nSPS) is 10.1. The van der Waals surface area contributed by atoms with Gasteiger partial charge in [-0.1, -0.05) is 12.1 Å². The summed E-state index contributed by atoms with van der Waals surface area (Å²) in [6.45, 7) is 0. The first kappa shape index (κ1) is 12.5. The number of carboxylic acids is 1. The van der Waals surface area contributed by atoms with Gasteiger partial charge < -0.3 is 10.1 Å². The molecule has 0 aliphatic rings. The van der Waals surface area contributed by atoms with Gasteiger partial charge in [0.05, 0.1) is 10.5 Å². The summed E-state index contributed by atoms with van der Waals surface area (Å²) in [6, 6.07) is 7.77. The van der Waals surface area contributed by atoms with Gasteiger partial charge >= 0.3 is 5.97 Å². The second-order valence-corrected chi connectivity index (χ2v) is 3.76. The molecular formula is C12H8N2O5. The molecule has 0 atom stereocenters. The molecule has 0 unspecified atom stereocenters. The minimum Gasteiger partial charge on any atom is -0.478 e. The summed E-state index contributed by atoms with van der Waals surface area (Å²) in [5.74, 6) is -1.24. The van der Waals surface area contributed by atoms with E-state index in [1.54, 1.807) is 6.07 Å². The maximum absolute atomic E-state index is 11.4. The van der Waals surface area contributed by atoms with E-state index < -0.39 is 16.5 Å². The third kappa shape index (κ3) is 2.65. The standard InChI is InChI=1S/C12H8N2O5/c15-11-6-8(12(16)17)5-10(13-11)7-2-1-3-9(4-7)14(18)19/h1-6H,(H,13,15)(H,16,17). The number of aromatic amines is 1. The summed E-state index contributed by atoms with van der Waals surface area (Å²) in [5.41, 5.74) is -0.311. The maximum atomic E-state index is 11.4. The number of carbonyl (C=O) groups is 1. The number of nitro benzene ring substituents is 1. The van der Waals surface area contributed by atoms with Crippen molar-refractivity contribution in [2.45, 2.75) is 0 Å². The molecule has 7 nitrogen and oxygen atoms in total. The zero-order valence-corrected chi connectivity index (χ0v) is 9.49. The van der Waals surface area contributed by atoms with Gasteiger partial charge in [0.15, 0.2) is 0 Å². The number of non-ortho nitro benzene ring substituents is 1. The molecule has 2 aromatic rings. The largest absolute Gasteiger partial charge is 0.478 e. The Labute approximate surface area is 106 Å². The van der Waals surface area contributed by atoms with Crippen LogP contribution in [0.1, 0.15) is 10.4 Å². The van der Waals surface area contributed by atoms with Gasteiger partial charge in [0.1, 0.15) is 0 Å². The Hall–Kier alpha value is -2.96. The number of aromatic nitrogens is 1. The van der Waals surface area contributed by atoms with E-state index in [0.717, 1.165) is 6.07 Å². The van der Waals surface area contributed by atoms with Crippen molar-refractivity contribution in [3.8, 4) is 11.3 Å². The number of hydrogen-bond acceptors (Lipinski definition) is 4. The average Bonchev–Trinajstić information content (AvgIpc) is 2.38. The highest BCUT2D eigenvalue weighted by Gasteiger charge is 2.10. The monoisotopic (exact) mass is 260 g/mol. The van der Waals surface area contributed by atoms with E-state index >= 15 is 0 Å². The molecule has 2 N–H and O–H groups in total. The molecule has 0 spiro atoms. The van der Waals surface area contributed by atoms with Gasteiger partial charge in [-0.2, -0.15) is 0 Å². The SMILES string of the molecule is O=C(O)c1cc(-c2cccc([N+](=O)[O-])c2)[nH]c(=O)c1. The Balaban J connectivity index is 2.58. The highest BCUT2D eigenvalue weighted by atomic mass is 16.6. The van der Waals surface area contributed by atoms with Gasteiger partial charge in [0, 0.05) is 29.5 Å². The van der Waals surface area contributed by atoms with Crippen LogP contribution in [0.5, 0.6) is 0 Å². The molecule has 0 fully saturated rings. The summed E-state index contributed by atoms with van der Waals surface area (Å²) in [4.78, 5) is 34.7. The van der Waals surface area contributed by atoms with E-state index in [-0.39, 0.29) is 16.9 Å². The van der Waals surface area contributed by atoms with Crippen LogP contribution in [-0.2, 0) is 0 Å². The van der Waals surface area contributed by atoms with Crippen LogP contribution >= 0.6 is 0 Å². The van der Waals surface area contributed by atoms with Crippen LogP contribution < -0.4 is 5.56 Å². The van der Waals surface area contributed by atoms with Crippen LogP contribution in [0.4, 0.5) is 5.69 Å². The molecule has 96 valence electrons.